The predicted molar refractivity (Wildman–Crippen MR) is 82.2 cm³/mol. The molecule has 0 bridgehead atoms. The number of carbonyl (C=O) groups excluding carboxylic acids is 1. The molecule has 1 saturated heterocycles. The molecule has 1 aliphatic heterocycles. The lowest BCUT2D eigenvalue weighted by Gasteiger charge is -2.20. The molecule has 114 valence electrons. The van der Waals surface area contributed by atoms with Crippen LogP contribution in [-0.4, -0.2) is 45.3 Å². The Morgan fingerprint density at radius 2 is 2.05 bits per heavy atom. The summed E-state index contributed by atoms with van der Waals surface area (Å²) in [6, 6.07) is 0. The summed E-state index contributed by atoms with van der Waals surface area (Å²) >= 11 is 0. The fourth-order valence-electron chi connectivity index (χ4n) is 2.34. The first-order valence-corrected chi connectivity index (χ1v) is 7.33. The molecule has 0 spiro atoms. The Labute approximate surface area is 124 Å². The zero-order valence-electron chi connectivity index (χ0n) is 13.1. The average Bonchev–Trinajstić information content (AvgIpc) is 2.72. The molecular weight excluding hydrogens is 268 g/mol. The van der Waals surface area contributed by atoms with Crippen molar-refractivity contribution in [3.63, 3.8) is 0 Å². The number of aryl methyl sites for hydroxylation is 2. The van der Waals surface area contributed by atoms with Gasteiger partial charge in [-0.3, -0.25) is 9.48 Å². The highest BCUT2D eigenvalue weighted by Gasteiger charge is 2.20. The van der Waals surface area contributed by atoms with Crippen molar-refractivity contribution in [1.82, 2.24) is 25.1 Å². The monoisotopic (exact) mass is 290 g/mol. The molecule has 0 saturated carbocycles. The van der Waals surface area contributed by atoms with Crippen molar-refractivity contribution in [2.75, 3.05) is 24.5 Å². The van der Waals surface area contributed by atoms with E-state index in [4.69, 9.17) is 0 Å². The molecule has 0 unspecified atom stereocenters. The summed E-state index contributed by atoms with van der Waals surface area (Å²) in [5.41, 5.74) is 0.798. The van der Waals surface area contributed by atoms with Crippen LogP contribution in [0.2, 0.25) is 0 Å². The third-order valence-corrected chi connectivity index (χ3v) is 3.24. The minimum Gasteiger partial charge on any atom is -0.354 e. The minimum atomic E-state index is 0.0332. The van der Waals surface area contributed by atoms with E-state index < -0.39 is 0 Å². The van der Waals surface area contributed by atoms with Crippen LogP contribution in [0.5, 0.6) is 0 Å². The molecule has 7 heteroatoms. The highest BCUT2D eigenvalue weighted by Crippen LogP contribution is 2.23. The maximum absolute atomic E-state index is 11.7. The van der Waals surface area contributed by atoms with E-state index in [1.165, 1.54) is 0 Å². The quantitative estimate of drug-likeness (QED) is 0.848. The predicted octanol–water partition coefficient (Wildman–Crippen LogP) is 1.02. The second kappa shape index (κ2) is 6.51. The number of nitrogens with zero attached hydrogens (tertiary/aromatic N) is 5. The van der Waals surface area contributed by atoms with Gasteiger partial charge in [0.1, 0.15) is 11.6 Å². The van der Waals surface area contributed by atoms with E-state index in [-0.39, 0.29) is 5.91 Å². The van der Waals surface area contributed by atoms with Gasteiger partial charge in [-0.1, -0.05) is 13.8 Å². The molecular formula is C14H22N6O. The van der Waals surface area contributed by atoms with E-state index in [0.717, 1.165) is 36.4 Å². The van der Waals surface area contributed by atoms with Crippen molar-refractivity contribution in [3.8, 4) is 0 Å². The number of carbonyl (C=O) groups is 1. The van der Waals surface area contributed by atoms with Gasteiger partial charge in [-0.2, -0.15) is 5.10 Å². The smallest absolute Gasteiger partial charge is 0.239 e. The first kappa shape index (κ1) is 15.2. The van der Waals surface area contributed by atoms with E-state index >= 15 is 0 Å². The lowest BCUT2D eigenvalue weighted by molar-refractivity contribution is -0.119. The van der Waals surface area contributed by atoms with Crippen molar-refractivity contribution in [2.45, 2.75) is 27.2 Å². The van der Waals surface area contributed by atoms with Crippen molar-refractivity contribution in [2.24, 2.45) is 7.05 Å². The van der Waals surface area contributed by atoms with E-state index in [2.05, 4.69) is 20.4 Å². The molecule has 7 nitrogen and oxygen atoms in total. The van der Waals surface area contributed by atoms with Gasteiger partial charge >= 0.3 is 0 Å². The summed E-state index contributed by atoms with van der Waals surface area (Å²) < 4.78 is 1.73. The van der Waals surface area contributed by atoms with Crippen LogP contribution in [0.4, 0.5) is 5.82 Å². The highest BCUT2D eigenvalue weighted by molar-refractivity contribution is 5.90. The lowest BCUT2D eigenvalue weighted by Crippen LogP contribution is -2.33. The van der Waals surface area contributed by atoms with E-state index in [1.807, 2.05) is 32.7 Å². The Kier molecular flexibility index (Phi) is 4.72. The lowest BCUT2D eigenvalue weighted by atomic mass is 10.3. The highest BCUT2D eigenvalue weighted by atomic mass is 16.2. The van der Waals surface area contributed by atoms with E-state index in [9.17, 15) is 4.79 Å². The summed E-state index contributed by atoms with van der Waals surface area (Å²) in [6.45, 7) is 7.71. The Balaban J connectivity index is 0.000000774. The number of amides is 1. The third kappa shape index (κ3) is 3.12. The fourth-order valence-corrected chi connectivity index (χ4v) is 2.34. The first-order valence-electron chi connectivity index (χ1n) is 7.33. The number of rotatable bonds is 1. The summed E-state index contributed by atoms with van der Waals surface area (Å²) in [6.07, 6.45) is 2.67. The zero-order valence-corrected chi connectivity index (χ0v) is 13.1. The van der Waals surface area contributed by atoms with Crippen LogP contribution in [0.25, 0.3) is 11.0 Å². The summed E-state index contributed by atoms with van der Waals surface area (Å²) in [4.78, 5) is 22.6. The number of nitrogens with one attached hydrogen (secondary N) is 1. The van der Waals surface area contributed by atoms with Crippen LogP contribution in [-0.2, 0) is 11.8 Å². The van der Waals surface area contributed by atoms with Crippen LogP contribution in [0.3, 0.4) is 0 Å². The standard InChI is InChI=1S/C12H16N6O.C2H6/c1-8-15-11-9(6-14-17(11)2)12(16-8)18-5-3-4-13-10(19)7-18;1-2/h6H,3-5,7H2,1-2H3,(H,13,19);1-2H3. The summed E-state index contributed by atoms with van der Waals surface area (Å²) in [5, 5.41) is 7.98. The second-order valence-electron chi connectivity index (χ2n) is 4.72. The molecule has 1 aliphatic rings. The Hall–Kier alpha value is -2.18. The van der Waals surface area contributed by atoms with Gasteiger partial charge in [0.05, 0.1) is 18.1 Å². The molecule has 21 heavy (non-hydrogen) atoms. The van der Waals surface area contributed by atoms with Crippen molar-refractivity contribution in [3.05, 3.63) is 12.0 Å². The molecule has 1 amide bonds. The maximum atomic E-state index is 11.7. The third-order valence-electron chi connectivity index (χ3n) is 3.24. The Bertz CT molecular complexity index is 636. The molecule has 0 radical (unpaired) electrons. The van der Waals surface area contributed by atoms with Crippen molar-refractivity contribution >= 4 is 22.8 Å². The number of aromatic nitrogens is 4. The molecule has 3 rings (SSSR count). The Morgan fingerprint density at radius 1 is 1.29 bits per heavy atom. The molecule has 1 fully saturated rings. The summed E-state index contributed by atoms with van der Waals surface area (Å²) in [5.74, 6) is 1.52. The van der Waals surface area contributed by atoms with Gasteiger partial charge in [-0.05, 0) is 13.3 Å². The number of fused-ring (bicyclic) bond motifs is 1. The van der Waals surface area contributed by atoms with Gasteiger partial charge in [0.25, 0.3) is 0 Å². The van der Waals surface area contributed by atoms with Gasteiger partial charge in [-0.25, -0.2) is 9.97 Å². The van der Waals surface area contributed by atoms with Gasteiger partial charge in [0.2, 0.25) is 5.91 Å². The minimum absolute atomic E-state index is 0.0332. The van der Waals surface area contributed by atoms with Gasteiger partial charge < -0.3 is 10.2 Å². The average molecular weight is 290 g/mol. The number of hydrogen-bond donors (Lipinski definition) is 1. The molecule has 2 aromatic heterocycles. The number of hydrogen-bond acceptors (Lipinski definition) is 5. The van der Waals surface area contributed by atoms with Crippen LogP contribution in [0.15, 0.2) is 6.20 Å². The largest absolute Gasteiger partial charge is 0.354 e. The molecule has 0 aromatic carbocycles. The van der Waals surface area contributed by atoms with E-state index in [0.29, 0.717) is 12.4 Å². The summed E-state index contributed by atoms with van der Waals surface area (Å²) in [7, 11) is 1.85. The van der Waals surface area contributed by atoms with Gasteiger partial charge in [0.15, 0.2) is 5.65 Å². The normalized spacial score (nSPS) is 15.2. The zero-order chi connectivity index (χ0) is 15.4. The Morgan fingerprint density at radius 3 is 2.81 bits per heavy atom. The van der Waals surface area contributed by atoms with Gasteiger partial charge in [-0.15, -0.1) is 0 Å². The van der Waals surface area contributed by atoms with Crippen LogP contribution >= 0.6 is 0 Å². The van der Waals surface area contributed by atoms with Crippen molar-refractivity contribution in [1.29, 1.82) is 0 Å². The van der Waals surface area contributed by atoms with Crippen molar-refractivity contribution < 1.29 is 4.79 Å². The second-order valence-corrected chi connectivity index (χ2v) is 4.72. The van der Waals surface area contributed by atoms with Crippen LogP contribution in [0.1, 0.15) is 26.1 Å². The maximum Gasteiger partial charge on any atom is 0.239 e. The number of anilines is 1. The SMILES string of the molecule is CC.Cc1nc(N2CCCNC(=O)C2)c2cnn(C)c2n1. The van der Waals surface area contributed by atoms with Crippen LogP contribution < -0.4 is 10.2 Å². The molecule has 1 N–H and O–H groups in total. The topological polar surface area (TPSA) is 75.9 Å². The molecule has 0 aliphatic carbocycles. The van der Waals surface area contributed by atoms with Gasteiger partial charge in [0, 0.05) is 20.1 Å². The molecule has 3 heterocycles. The molecule has 2 aromatic rings. The first-order chi connectivity index (χ1) is 10.1. The fraction of sp³-hybridized carbons (Fsp3) is 0.571. The molecule has 0 atom stereocenters. The van der Waals surface area contributed by atoms with E-state index in [1.54, 1.807) is 10.9 Å². The van der Waals surface area contributed by atoms with Crippen LogP contribution in [0, 0.1) is 6.92 Å².